The quantitative estimate of drug-likeness (QED) is 0.701. The molecule has 0 saturated heterocycles. The lowest BCUT2D eigenvalue weighted by Crippen LogP contribution is -2.47. The number of carboxylic acids is 1. The van der Waals surface area contributed by atoms with Crippen molar-refractivity contribution in [3.05, 3.63) is 0 Å². The first kappa shape index (κ1) is 16.8. The Bertz CT molecular complexity index is 342. The molecule has 1 rings (SSSR count). The zero-order valence-electron chi connectivity index (χ0n) is 12.9. The SMILES string of the molecule is CCCC(CNC(=O)NC1CCCC(C)(C)C1)C(=O)O. The molecule has 5 nitrogen and oxygen atoms in total. The molecule has 0 aromatic carbocycles. The lowest BCUT2D eigenvalue weighted by atomic mass is 9.75. The normalized spacial score (nSPS) is 22.9. The second-order valence-corrected chi connectivity index (χ2v) is 6.64. The van der Waals surface area contributed by atoms with Gasteiger partial charge in [0.25, 0.3) is 0 Å². The molecule has 20 heavy (non-hydrogen) atoms. The van der Waals surface area contributed by atoms with E-state index in [9.17, 15) is 9.59 Å². The molecule has 0 aromatic rings. The highest BCUT2D eigenvalue weighted by Crippen LogP contribution is 2.34. The smallest absolute Gasteiger partial charge is 0.315 e. The lowest BCUT2D eigenvalue weighted by molar-refractivity contribution is -0.141. The van der Waals surface area contributed by atoms with Gasteiger partial charge >= 0.3 is 12.0 Å². The van der Waals surface area contributed by atoms with Gasteiger partial charge in [0.15, 0.2) is 0 Å². The molecule has 1 saturated carbocycles. The number of hydrogen-bond acceptors (Lipinski definition) is 2. The van der Waals surface area contributed by atoms with Crippen LogP contribution >= 0.6 is 0 Å². The zero-order chi connectivity index (χ0) is 15.2. The minimum atomic E-state index is -0.842. The molecule has 0 spiro atoms. The molecule has 1 fully saturated rings. The van der Waals surface area contributed by atoms with E-state index in [1.165, 1.54) is 6.42 Å². The number of urea groups is 1. The molecule has 116 valence electrons. The van der Waals surface area contributed by atoms with Crippen molar-refractivity contribution in [1.29, 1.82) is 0 Å². The molecule has 0 radical (unpaired) electrons. The van der Waals surface area contributed by atoms with Crippen LogP contribution in [0.3, 0.4) is 0 Å². The van der Waals surface area contributed by atoms with Crippen LogP contribution in [0, 0.1) is 11.3 Å². The standard InChI is InChI=1S/C15H28N2O3/c1-4-6-11(13(18)19)10-16-14(20)17-12-7-5-8-15(2,3)9-12/h11-12H,4-10H2,1-3H3,(H,18,19)(H2,16,17,20). The number of carbonyl (C=O) groups excluding carboxylic acids is 1. The fourth-order valence-electron chi connectivity index (χ4n) is 2.94. The maximum atomic E-state index is 11.8. The Labute approximate surface area is 121 Å². The average Bonchev–Trinajstić information content (AvgIpc) is 2.32. The van der Waals surface area contributed by atoms with E-state index in [1.54, 1.807) is 0 Å². The van der Waals surface area contributed by atoms with Crippen molar-refractivity contribution in [2.45, 2.75) is 65.3 Å². The topological polar surface area (TPSA) is 78.4 Å². The first-order chi connectivity index (χ1) is 9.34. The third kappa shape index (κ3) is 5.80. The number of carbonyl (C=O) groups is 2. The Morgan fingerprint density at radius 1 is 1.40 bits per heavy atom. The van der Waals surface area contributed by atoms with Gasteiger partial charge in [-0.1, -0.05) is 33.6 Å². The number of hydrogen-bond donors (Lipinski definition) is 3. The molecule has 1 aliphatic rings. The van der Waals surface area contributed by atoms with Crippen LogP contribution < -0.4 is 10.6 Å². The largest absolute Gasteiger partial charge is 0.481 e. The van der Waals surface area contributed by atoms with Crippen LogP contribution in [0.1, 0.15) is 59.3 Å². The third-order valence-electron chi connectivity index (χ3n) is 4.04. The first-order valence-corrected chi connectivity index (χ1v) is 7.61. The number of nitrogens with one attached hydrogen (secondary N) is 2. The summed E-state index contributed by atoms with van der Waals surface area (Å²) in [7, 11) is 0. The van der Waals surface area contributed by atoms with Crippen molar-refractivity contribution < 1.29 is 14.7 Å². The Balaban J connectivity index is 2.34. The van der Waals surface area contributed by atoms with Crippen LogP contribution in [0.5, 0.6) is 0 Å². The lowest BCUT2D eigenvalue weighted by Gasteiger charge is -2.35. The number of rotatable bonds is 6. The Morgan fingerprint density at radius 3 is 2.65 bits per heavy atom. The molecule has 0 heterocycles. The van der Waals surface area contributed by atoms with Crippen molar-refractivity contribution in [1.82, 2.24) is 10.6 Å². The summed E-state index contributed by atoms with van der Waals surface area (Å²) in [6.45, 7) is 6.59. The van der Waals surface area contributed by atoms with Crippen molar-refractivity contribution in [3.63, 3.8) is 0 Å². The summed E-state index contributed by atoms with van der Waals surface area (Å²) in [5.41, 5.74) is 0.280. The van der Waals surface area contributed by atoms with Crippen molar-refractivity contribution in [2.24, 2.45) is 11.3 Å². The van der Waals surface area contributed by atoms with Crippen molar-refractivity contribution in [3.8, 4) is 0 Å². The Kier molecular flexibility index (Phi) is 6.30. The fourth-order valence-corrected chi connectivity index (χ4v) is 2.94. The minimum absolute atomic E-state index is 0.200. The highest BCUT2D eigenvalue weighted by atomic mass is 16.4. The van der Waals surface area contributed by atoms with E-state index in [0.717, 1.165) is 25.7 Å². The predicted octanol–water partition coefficient (Wildman–Crippen LogP) is 2.76. The van der Waals surface area contributed by atoms with Crippen LogP contribution in [0.4, 0.5) is 4.79 Å². The van der Waals surface area contributed by atoms with Crippen molar-refractivity contribution in [2.75, 3.05) is 6.54 Å². The number of aliphatic carboxylic acids is 1. The van der Waals surface area contributed by atoms with Crippen LogP contribution in [-0.4, -0.2) is 29.7 Å². The molecular weight excluding hydrogens is 256 g/mol. The Morgan fingerprint density at radius 2 is 2.10 bits per heavy atom. The molecule has 0 bridgehead atoms. The summed E-state index contributed by atoms with van der Waals surface area (Å²) in [6.07, 6.45) is 5.71. The van der Waals surface area contributed by atoms with Gasteiger partial charge in [0.1, 0.15) is 0 Å². The monoisotopic (exact) mass is 284 g/mol. The fraction of sp³-hybridized carbons (Fsp3) is 0.867. The van der Waals surface area contributed by atoms with Crippen LogP contribution in [0.25, 0.3) is 0 Å². The molecule has 0 aromatic heterocycles. The van der Waals surface area contributed by atoms with Gasteiger partial charge in [0.2, 0.25) is 0 Å². The molecule has 1 aliphatic carbocycles. The van der Waals surface area contributed by atoms with E-state index in [2.05, 4.69) is 24.5 Å². The molecule has 2 unspecified atom stereocenters. The molecule has 5 heteroatoms. The Hall–Kier alpha value is -1.26. The van der Waals surface area contributed by atoms with Crippen LogP contribution in [0.15, 0.2) is 0 Å². The zero-order valence-corrected chi connectivity index (χ0v) is 12.9. The molecular formula is C15H28N2O3. The number of carboxylic acid groups (broad SMARTS) is 1. The average molecular weight is 284 g/mol. The predicted molar refractivity (Wildman–Crippen MR) is 78.6 cm³/mol. The summed E-state index contributed by atoms with van der Waals surface area (Å²) in [4.78, 5) is 22.8. The summed E-state index contributed by atoms with van der Waals surface area (Å²) < 4.78 is 0. The van der Waals surface area contributed by atoms with Gasteiger partial charge < -0.3 is 15.7 Å². The molecule has 2 amide bonds. The summed E-state index contributed by atoms with van der Waals surface area (Å²) in [6, 6.07) is -0.0387. The van der Waals surface area contributed by atoms with Crippen molar-refractivity contribution >= 4 is 12.0 Å². The van der Waals surface area contributed by atoms with E-state index in [4.69, 9.17) is 5.11 Å². The van der Waals surface area contributed by atoms with Gasteiger partial charge in [-0.3, -0.25) is 4.79 Å². The maximum Gasteiger partial charge on any atom is 0.315 e. The van der Waals surface area contributed by atoms with Gasteiger partial charge in [0, 0.05) is 12.6 Å². The second kappa shape index (κ2) is 7.50. The van der Waals surface area contributed by atoms with E-state index in [1.807, 2.05) is 6.92 Å². The van der Waals surface area contributed by atoms with E-state index >= 15 is 0 Å². The van der Waals surface area contributed by atoms with Gasteiger partial charge in [-0.2, -0.15) is 0 Å². The minimum Gasteiger partial charge on any atom is -0.481 e. The van der Waals surface area contributed by atoms with Gasteiger partial charge in [-0.05, 0) is 31.1 Å². The maximum absolute atomic E-state index is 11.8. The number of amides is 2. The first-order valence-electron chi connectivity index (χ1n) is 7.61. The van der Waals surface area contributed by atoms with E-state index in [0.29, 0.717) is 6.42 Å². The molecule has 2 atom stereocenters. The van der Waals surface area contributed by atoms with Crippen LogP contribution in [-0.2, 0) is 4.79 Å². The molecule has 0 aliphatic heterocycles. The highest BCUT2D eigenvalue weighted by molar-refractivity contribution is 5.76. The van der Waals surface area contributed by atoms with E-state index in [-0.39, 0.29) is 24.0 Å². The van der Waals surface area contributed by atoms with Gasteiger partial charge in [-0.25, -0.2) is 4.79 Å². The second-order valence-electron chi connectivity index (χ2n) is 6.64. The summed E-state index contributed by atoms with van der Waals surface area (Å²) in [5.74, 6) is -1.33. The van der Waals surface area contributed by atoms with Crippen LogP contribution in [0.2, 0.25) is 0 Å². The van der Waals surface area contributed by atoms with E-state index < -0.39 is 11.9 Å². The summed E-state index contributed by atoms with van der Waals surface area (Å²) in [5, 5.41) is 14.7. The van der Waals surface area contributed by atoms with Gasteiger partial charge in [-0.15, -0.1) is 0 Å². The summed E-state index contributed by atoms with van der Waals surface area (Å²) >= 11 is 0. The third-order valence-corrected chi connectivity index (χ3v) is 4.04. The molecule has 3 N–H and O–H groups in total. The highest BCUT2D eigenvalue weighted by Gasteiger charge is 2.28. The van der Waals surface area contributed by atoms with Gasteiger partial charge in [0.05, 0.1) is 5.92 Å².